The summed E-state index contributed by atoms with van der Waals surface area (Å²) in [5, 5.41) is 9.41. The lowest BCUT2D eigenvalue weighted by atomic mass is 10.1. The van der Waals surface area contributed by atoms with Crippen LogP contribution >= 0.6 is 15.9 Å². The summed E-state index contributed by atoms with van der Waals surface area (Å²) < 4.78 is 6.49. The zero-order chi connectivity index (χ0) is 14.4. The molecule has 110 valence electrons. The summed E-state index contributed by atoms with van der Waals surface area (Å²) in [6.07, 6.45) is 4.07. The third-order valence-corrected chi connectivity index (χ3v) is 4.11. The van der Waals surface area contributed by atoms with E-state index in [1.54, 1.807) is 4.90 Å². The van der Waals surface area contributed by atoms with E-state index >= 15 is 0 Å². The summed E-state index contributed by atoms with van der Waals surface area (Å²) in [6, 6.07) is 7.34. The molecule has 1 aliphatic rings. The highest BCUT2D eigenvalue weighted by molar-refractivity contribution is 9.10. The third-order valence-electron chi connectivity index (χ3n) is 3.58. The normalized spacial score (nSPS) is 19.5. The van der Waals surface area contributed by atoms with Crippen LogP contribution in [0.4, 0.5) is 0 Å². The molecule has 0 bridgehead atoms. The third kappa shape index (κ3) is 4.21. The van der Waals surface area contributed by atoms with Crippen LogP contribution in [-0.4, -0.2) is 41.7 Å². The van der Waals surface area contributed by atoms with E-state index in [1.165, 1.54) is 0 Å². The Balaban J connectivity index is 1.90. The number of benzene rings is 1. The van der Waals surface area contributed by atoms with Crippen LogP contribution in [0.2, 0.25) is 0 Å². The predicted molar refractivity (Wildman–Crippen MR) is 80.7 cm³/mol. The fourth-order valence-electron chi connectivity index (χ4n) is 2.45. The van der Waals surface area contributed by atoms with Gasteiger partial charge in [0.25, 0.3) is 5.91 Å². The first-order valence-electron chi connectivity index (χ1n) is 6.99. The maximum Gasteiger partial charge on any atom is 0.260 e. The largest absolute Gasteiger partial charge is 0.484 e. The van der Waals surface area contributed by atoms with E-state index in [4.69, 9.17) is 4.74 Å². The molecule has 1 unspecified atom stereocenters. The van der Waals surface area contributed by atoms with Gasteiger partial charge in [-0.1, -0.05) is 28.8 Å². The van der Waals surface area contributed by atoms with Crippen LogP contribution in [0.3, 0.4) is 0 Å². The van der Waals surface area contributed by atoms with Gasteiger partial charge in [-0.25, -0.2) is 0 Å². The number of hydrogen-bond donors (Lipinski definition) is 1. The number of aliphatic hydroxyl groups is 1. The molecule has 1 atom stereocenters. The molecule has 1 aromatic carbocycles. The molecule has 20 heavy (non-hydrogen) atoms. The molecule has 1 amide bonds. The summed E-state index contributed by atoms with van der Waals surface area (Å²) >= 11 is 3.36. The molecule has 0 spiro atoms. The molecule has 5 heteroatoms. The SMILES string of the molecule is O=C(COc1ccc(Br)cc1)N1CCCCCC1CO. The average molecular weight is 342 g/mol. The van der Waals surface area contributed by atoms with Crippen LogP contribution in [0, 0.1) is 0 Å². The summed E-state index contributed by atoms with van der Waals surface area (Å²) in [6.45, 7) is 0.774. The number of likely N-dealkylation sites (tertiary alicyclic amines) is 1. The van der Waals surface area contributed by atoms with Crippen molar-refractivity contribution >= 4 is 21.8 Å². The van der Waals surface area contributed by atoms with Crippen molar-refractivity contribution in [2.24, 2.45) is 0 Å². The van der Waals surface area contributed by atoms with Crippen molar-refractivity contribution in [2.45, 2.75) is 31.7 Å². The lowest BCUT2D eigenvalue weighted by molar-refractivity contribution is -0.136. The maximum absolute atomic E-state index is 12.2. The van der Waals surface area contributed by atoms with E-state index in [1.807, 2.05) is 24.3 Å². The van der Waals surface area contributed by atoms with Gasteiger partial charge in [0.1, 0.15) is 5.75 Å². The molecule has 0 aromatic heterocycles. The fraction of sp³-hybridized carbons (Fsp3) is 0.533. The zero-order valence-electron chi connectivity index (χ0n) is 11.4. The van der Waals surface area contributed by atoms with Gasteiger partial charge >= 0.3 is 0 Å². The van der Waals surface area contributed by atoms with Gasteiger partial charge < -0.3 is 14.7 Å². The molecule has 2 rings (SSSR count). The average Bonchev–Trinajstić information content (AvgIpc) is 2.71. The molecule has 0 radical (unpaired) electrons. The fourth-order valence-corrected chi connectivity index (χ4v) is 2.72. The lowest BCUT2D eigenvalue weighted by Crippen LogP contribution is -2.44. The zero-order valence-corrected chi connectivity index (χ0v) is 13.0. The second-order valence-electron chi connectivity index (χ2n) is 5.02. The van der Waals surface area contributed by atoms with Gasteiger partial charge in [-0.2, -0.15) is 0 Å². The highest BCUT2D eigenvalue weighted by Gasteiger charge is 2.24. The first-order valence-corrected chi connectivity index (χ1v) is 7.78. The van der Waals surface area contributed by atoms with Crippen molar-refractivity contribution in [3.8, 4) is 5.75 Å². The number of amides is 1. The molecule has 1 fully saturated rings. The van der Waals surface area contributed by atoms with Crippen LogP contribution in [0.1, 0.15) is 25.7 Å². The quantitative estimate of drug-likeness (QED) is 0.915. The van der Waals surface area contributed by atoms with Crippen molar-refractivity contribution in [1.82, 2.24) is 4.90 Å². The molecule has 0 saturated carbocycles. The molecular formula is C15H20BrNO3. The Morgan fingerprint density at radius 3 is 2.75 bits per heavy atom. The van der Waals surface area contributed by atoms with Gasteiger partial charge in [-0.3, -0.25) is 4.79 Å². The van der Waals surface area contributed by atoms with Crippen LogP contribution in [-0.2, 0) is 4.79 Å². The molecule has 0 aliphatic carbocycles. The van der Waals surface area contributed by atoms with Gasteiger partial charge in [-0.15, -0.1) is 0 Å². The smallest absolute Gasteiger partial charge is 0.260 e. The number of halogens is 1. The molecule has 1 aliphatic heterocycles. The molecule has 1 aromatic rings. The van der Waals surface area contributed by atoms with Gasteiger partial charge in [0.05, 0.1) is 12.6 Å². The van der Waals surface area contributed by atoms with E-state index in [0.717, 1.165) is 30.2 Å². The van der Waals surface area contributed by atoms with Crippen molar-refractivity contribution < 1.29 is 14.6 Å². The van der Waals surface area contributed by atoms with Crippen LogP contribution < -0.4 is 4.74 Å². The van der Waals surface area contributed by atoms with E-state index in [-0.39, 0.29) is 25.2 Å². The molecule has 1 N–H and O–H groups in total. The number of carbonyl (C=O) groups excluding carboxylic acids is 1. The molecule has 4 nitrogen and oxygen atoms in total. The number of ether oxygens (including phenoxy) is 1. The van der Waals surface area contributed by atoms with E-state index in [2.05, 4.69) is 15.9 Å². The summed E-state index contributed by atoms with van der Waals surface area (Å²) in [4.78, 5) is 14.0. The summed E-state index contributed by atoms with van der Waals surface area (Å²) in [7, 11) is 0. The lowest BCUT2D eigenvalue weighted by Gasteiger charge is -2.28. The first-order chi connectivity index (χ1) is 9.70. The minimum Gasteiger partial charge on any atom is -0.484 e. The van der Waals surface area contributed by atoms with Crippen molar-refractivity contribution in [3.63, 3.8) is 0 Å². The van der Waals surface area contributed by atoms with E-state index in [9.17, 15) is 9.90 Å². The Labute approximate surface area is 127 Å². The van der Waals surface area contributed by atoms with Crippen molar-refractivity contribution in [3.05, 3.63) is 28.7 Å². The highest BCUT2D eigenvalue weighted by Crippen LogP contribution is 2.18. The Morgan fingerprint density at radius 1 is 1.30 bits per heavy atom. The number of hydrogen-bond acceptors (Lipinski definition) is 3. The minimum atomic E-state index is -0.0569. The van der Waals surface area contributed by atoms with Crippen molar-refractivity contribution in [2.75, 3.05) is 19.8 Å². The summed E-state index contributed by atoms with van der Waals surface area (Å²) in [5.41, 5.74) is 0. The minimum absolute atomic E-state index is 0.0259. The molecule has 1 heterocycles. The van der Waals surface area contributed by atoms with Crippen LogP contribution in [0.15, 0.2) is 28.7 Å². The second kappa shape index (κ2) is 7.64. The number of carbonyl (C=O) groups is 1. The van der Waals surface area contributed by atoms with E-state index < -0.39 is 0 Å². The van der Waals surface area contributed by atoms with Gasteiger partial charge in [0.15, 0.2) is 6.61 Å². The topological polar surface area (TPSA) is 49.8 Å². The van der Waals surface area contributed by atoms with Gasteiger partial charge in [0, 0.05) is 11.0 Å². The van der Waals surface area contributed by atoms with Gasteiger partial charge in [0.2, 0.25) is 0 Å². The number of aliphatic hydroxyl groups excluding tert-OH is 1. The number of rotatable bonds is 4. The Morgan fingerprint density at radius 2 is 2.05 bits per heavy atom. The molecular weight excluding hydrogens is 322 g/mol. The van der Waals surface area contributed by atoms with Crippen LogP contribution in [0.5, 0.6) is 5.75 Å². The Bertz CT molecular complexity index is 435. The van der Waals surface area contributed by atoms with E-state index in [0.29, 0.717) is 12.3 Å². The van der Waals surface area contributed by atoms with Crippen LogP contribution in [0.25, 0.3) is 0 Å². The van der Waals surface area contributed by atoms with Gasteiger partial charge in [-0.05, 0) is 37.1 Å². The Kier molecular flexibility index (Phi) is 5.86. The first kappa shape index (κ1) is 15.3. The number of nitrogens with zero attached hydrogens (tertiary/aromatic N) is 1. The monoisotopic (exact) mass is 341 g/mol. The van der Waals surface area contributed by atoms with Crippen molar-refractivity contribution in [1.29, 1.82) is 0 Å². The summed E-state index contributed by atoms with van der Waals surface area (Å²) in [5.74, 6) is 0.630. The molecule has 1 saturated heterocycles. The highest BCUT2D eigenvalue weighted by atomic mass is 79.9. The Hall–Kier alpha value is -1.07. The second-order valence-corrected chi connectivity index (χ2v) is 5.93. The maximum atomic E-state index is 12.2. The standard InChI is InChI=1S/C15H20BrNO3/c16-12-5-7-14(8-6-12)20-11-15(19)17-9-3-1-2-4-13(17)10-18/h5-8,13,18H,1-4,9-11H2. The predicted octanol–water partition coefficient (Wildman–Crippen LogP) is 2.59.